The summed E-state index contributed by atoms with van der Waals surface area (Å²) in [5.74, 6) is 0. The van der Waals surface area contributed by atoms with E-state index in [0.29, 0.717) is 0 Å². The minimum atomic E-state index is 1.17. The van der Waals surface area contributed by atoms with Crippen LogP contribution in [0.15, 0.2) is 11.0 Å². The fourth-order valence-electron chi connectivity index (χ4n) is 1.78. The van der Waals surface area contributed by atoms with Crippen LogP contribution in [0, 0.1) is 20.8 Å². The lowest BCUT2D eigenvalue weighted by atomic mass is 9.95. The van der Waals surface area contributed by atoms with Crippen molar-refractivity contribution < 1.29 is 0 Å². The van der Waals surface area contributed by atoms with Crippen LogP contribution in [0.5, 0.6) is 0 Å². The van der Waals surface area contributed by atoms with Crippen LogP contribution in [0.2, 0.25) is 0 Å². The summed E-state index contributed by atoms with van der Waals surface area (Å²) >= 11 is 4.56. The van der Waals surface area contributed by atoms with Crippen molar-refractivity contribution in [2.75, 3.05) is 0 Å². The Hall–Kier alpha value is -0.430. The van der Waals surface area contributed by atoms with E-state index in [1.54, 1.807) is 0 Å². The van der Waals surface area contributed by atoms with Crippen LogP contribution in [-0.2, 0) is 6.42 Å². The van der Waals surface area contributed by atoms with Crippen molar-refractivity contribution in [3.05, 3.63) is 28.3 Å². The maximum atomic E-state index is 4.56. The second-order valence-electron chi connectivity index (χ2n) is 4.04. The van der Waals surface area contributed by atoms with E-state index in [1.807, 2.05) is 0 Å². The second-order valence-corrected chi connectivity index (χ2v) is 4.53. The van der Waals surface area contributed by atoms with E-state index < -0.39 is 0 Å². The molecule has 0 heterocycles. The highest BCUT2D eigenvalue weighted by molar-refractivity contribution is 7.80. The van der Waals surface area contributed by atoms with Gasteiger partial charge in [-0.05, 0) is 61.9 Å². The van der Waals surface area contributed by atoms with E-state index >= 15 is 0 Å². The predicted octanol–water partition coefficient (Wildman–Crippen LogP) is 4.24. The summed E-state index contributed by atoms with van der Waals surface area (Å²) in [6.07, 6.45) is 3.68. The van der Waals surface area contributed by atoms with Crippen molar-refractivity contribution in [1.29, 1.82) is 0 Å². The molecule has 0 aliphatic heterocycles. The number of hydrogen-bond acceptors (Lipinski definition) is 1. The zero-order valence-electron chi connectivity index (χ0n) is 9.65. The maximum Gasteiger partial charge on any atom is 0.00775 e. The van der Waals surface area contributed by atoms with Gasteiger partial charge in [0.05, 0.1) is 0 Å². The molecule has 78 valence electrons. The van der Waals surface area contributed by atoms with Gasteiger partial charge in [0.2, 0.25) is 0 Å². The molecule has 0 saturated carbocycles. The van der Waals surface area contributed by atoms with Gasteiger partial charge < -0.3 is 0 Å². The Bertz CT molecular complexity index is 326. The van der Waals surface area contributed by atoms with Crippen LogP contribution in [0.3, 0.4) is 0 Å². The average Bonchev–Trinajstić information content (AvgIpc) is 2.14. The highest BCUT2D eigenvalue weighted by atomic mass is 32.1. The predicted molar refractivity (Wildman–Crippen MR) is 66.5 cm³/mol. The average molecular weight is 208 g/mol. The summed E-state index contributed by atoms with van der Waals surface area (Å²) in [6.45, 7) is 8.81. The third kappa shape index (κ3) is 2.33. The normalized spacial score (nSPS) is 10.6. The first-order valence-electron chi connectivity index (χ1n) is 5.36. The number of benzene rings is 1. The largest absolute Gasteiger partial charge is 0.143 e. The molecule has 0 radical (unpaired) electrons. The Labute approximate surface area is 93.1 Å². The van der Waals surface area contributed by atoms with Gasteiger partial charge in [-0.25, -0.2) is 0 Å². The van der Waals surface area contributed by atoms with Crippen molar-refractivity contribution in [3.63, 3.8) is 0 Å². The number of hydrogen-bond donors (Lipinski definition) is 1. The molecule has 0 aliphatic rings. The molecule has 0 amide bonds. The van der Waals surface area contributed by atoms with Gasteiger partial charge in [0.25, 0.3) is 0 Å². The van der Waals surface area contributed by atoms with Gasteiger partial charge in [-0.1, -0.05) is 13.3 Å². The first-order chi connectivity index (χ1) is 6.57. The van der Waals surface area contributed by atoms with Gasteiger partial charge in [0.1, 0.15) is 0 Å². The molecule has 0 saturated heterocycles. The fourth-order valence-corrected chi connectivity index (χ4v) is 2.26. The Morgan fingerprint density at radius 3 is 2.36 bits per heavy atom. The molecular weight excluding hydrogens is 188 g/mol. The third-order valence-electron chi connectivity index (χ3n) is 3.05. The molecule has 14 heavy (non-hydrogen) atoms. The van der Waals surface area contributed by atoms with Crippen LogP contribution >= 0.6 is 12.6 Å². The summed E-state index contributed by atoms with van der Waals surface area (Å²) in [7, 11) is 0. The molecule has 1 heteroatoms. The SMILES string of the molecule is CCCCc1c(S)cc(C)c(C)c1C. The quantitative estimate of drug-likeness (QED) is 0.706. The van der Waals surface area contributed by atoms with Crippen molar-refractivity contribution in [2.45, 2.75) is 51.9 Å². The highest BCUT2D eigenvalue weighted by Crippen LogP contribution is 2.25. The maximum absolute atomic E-state index is 4.56. The molecule has 1 aromatic rings. The minimum Gasteiger partial charge on any atom is -0.143 e. The summed E-state index contributed by atoms with van der Waals surface area (Å²) in [4.78, 5) is 1.17. The summed E-state index contributed by atoms with van der Waals surface area (Å²) < 4.78 is 0. The molecule has 0 unspecified atom stereocenters. The van der Waals surface area contributed by atoms with E-state index in [1.165, 1.54) is 46.4 Å². The Balaban J connectivity index is 3.09. The minimum absolute atomic E-state index is 1.17. The zero-order chi connectivity index (χ0) is 10.7. The van der Waals surface area contributed by atoms with Crippen LogP contribution < -0.4 is 0 Å². The van der Waals surface area contributed by atoms with Gasteiger partial charge in [-0.3, -0.25) is 0 Å². The van der Waals surface area contributed by atoms with E-state index in [2.05, 4.69) is 46.4 Å². The van der Waals surface area contributed by atoms with Crippen LogP contribution in [0.1, 0.15) is 42.0 Å². The number of aryl methyl sites for hydroxylation is 1. The van der Waals surface area contributed by atoms with Gasteiger partial charge in [-0.2, -0.15) is 0 Å². The molecule has 0 nitrogen and oxygen atoms in total. The molecule has 0 spiro atoms. The van der Waals surface area contributed by atoms with Crippen molar-refractivity contribution >= 4 is 12.6 Å². The number of rotatable bonds is 3. The summed E-state index contributed by atoms with van der Waals surface area (Å²) in [6, 6.07) is 2.19. The van der Waals surface area contributed by atoms with Crippen molar-refractivity contribution in [3.8, 4) is 0 Å². The van der Waals surface area contributed by atoms with E-state index in [0.717, 1.165) is 0 Å². The summed E-state index contributed by atoms with van der Waals surface area (Å²) in [5, 5.41) is 0. The van der Waals surface area contributed by atoms with Gasteiger partial charge in [-0.15, -0.1) is 12.6 Å². The first-order valence-corrected chi connectivity index (χ1v) is 5.81. The fraction of sp³-hybridized carbons (Fsp3) is 0.538. The van der Waals surface area contributed by atoms with Crippen LogP contribution in [0.25, 0.3) is 0 Å². The van der Waals surface area contributed by atoms with Gasteiger partial charge in [0, 0.05) is 4.90 Å². The van der Waals surface area contributed by atoms with Crippen LogP contribution in [0.4, 0.5) is 0 Å². The van der Waals surface area contributed by atoms with Gasteiger partial charge >= 0.3 is 0 Å². The molecule has 0 fully saturated rings. The van der Waals surface area contributed by atoms with E-state index in [9.17, 15) is 0 Å². The Kier molecular flexibility index (Phi) is 4.06. The topological polar surface area (TPSA) is 0 Å². The lowest BCUT2D eigenvalue weighted by molar-refractivity contribution is 0.779. The van der Waals surface area contributed by atoms with Crippen molar-refractivity contribution in [2.24, 2.45) is 0 Å². The standard InChI is InChI=1S/C13H20S/c1-5-6-7-12-11(4)10(3)9(2)8-13(12)14/h8,14H,5-7H2,1-4H3. The monoisotopic (exact) mass is 208 g/mol. The zero-order valence-corrected chi connectivity index (χ0v) is 10.5. The van der Waals surface area contributed by atoms with Gasteiger partial charge in [0.15, 0.2) is 0 Å². The van der Waals surface area contributed by atoms with E-state index in [-0.39, 0.29) is 0 Å². The molecular formula is C13H20S. The summed E-state index contributed by atoms with van der Waals surface area (Å²) in [5.41, 5.74) is 5.66. The molecule has 1 aromatic carbocycles. The molecule has 1 rings (SSSR count). The smallest absolute Gasteiger partial charge is 0.00775 e. The van der Waals surface area contributed by atoms with Crippen molar-refractivity contribution in [1.82, 2.24) is 0 Å². The van der Waals surface area contributed by atoms with E-state index in [4.69, 9.17) is 0 Å². The lowest BCUT2D eigenvalue weighted by Crippen LogP contribution is -1.97. The Morgan fingerprint density at radius 2 is 1.79 bits per heavy atom. The Morgan fingerprint density at radius 1 is 1.14 bits per heavy atom. The number of unbranched alkanes of at least 4 members (excludes halogenated alkanes) is 1. The van der Waals surface area contributed by atoms with Crippen LogP contribution in [-0.4, -0.2) is 0 Å². The molecule has 0 aliphatic carbocycles. The molecule has 0 atom stereocenters. The highest BCUT2D eigenvalue weighted by Gasteiger charge is 2.07. The lowest BCUT2D eigenvalue weighted by Gasteiger charge is -2.13. The second kappa shape index (κ2) is 4.88. The molecule has 0 bridgehead atoms. The molecule has 0 N–H and O–H groups in total. The molecule has 0 aromatic heterocycles. The first kappa shape index (κ1) is 11.6. The number of thiol groups is 1. The third-order valence-corrected chi connectivity index (χ3v) is 3.45.